The van der Waals surface area contributed by atoms with E-state index in [1.807, 2.05) is 0 Å². The second kappa shape index (κ2) is 9.91. The third-order valence-corrected chi connectivity index (χ3v) is 5.70. The van der Waals surface area contributed by atoms with Gasteiger partial charge >= 0.3 is 6.18 Å². The van der Waals surface area contributed by atoms with Crippen LogP contribution in [0.15, 0.2) is 59.5 Å². The molecule has 1 N–H and O–H groups in total. The quantitative estimate of drug-likeness (QED) is 0.398. The molecule has 4 rings (SSSR count). The van der Waals surface area contributed by atoms with Crippen LogP contribution in [0, 0.1) is 6.92 Å². The maximum Gasteiger partial charge on any atom is 0.416 e. The minimum atomic E-state index is -4.40. The summed E-state index contributed by atoms with van der Waals surface area (Å²) in [7, 11) is 0. The molecule has 0 spiro atoms. The Bertz CT molecular complexity index is 1410. The molecule has 7 nitrogen and oxygen atoms in total. The van der Waals surface area contributed by atoms with Crippen LogP contribution >= 0.6 is 11.6 Å². The molecule has 11 heteroatoms. The third kappa shape index (κ3) is 5.71. The van der Waals surface area contributed by atoms with Crippen LogP contribution in [0.3, 0.4) is 0 Å². The number of nitrogens with one attached hydrogen (secondary N) is 1. The lowest BCUT2D eigenvalue weighted by Crippen LogP contribution is -2.26. The standard InChI is InChI=1S/C24H21ClF3N5O2/c1-15-20-14-33(19-10-8-18(25)9-11-19)31-22(20)23(35)32(30-15)12-2-3-21(34)29-13-16-4-6-17(7-5-16)24(26,27)28/h4-11,14H,2-3,12-13H2,1H3,(H,29,34). The Morgan fingerprint density at radius 3 is 2.40 bits per heavy atom. The van der Waals surface area contributed by atoms with Crippen LogP contribution in [0.25, 0.3) is 16.6 Å². The average molecular weight is 504 g/mol. The van der Waals surface area contributed by atoms with Gasteiger partial charge in [0, 0.05) is 36.1 Å². The second-order valence-electron chi connectivity index (χ2n) is 8.00. The van der Waals surface area contributed by atoms with Gasteiger partial charge in [0.05, 0.1) is 16.9 Å². The van der Waals surface area contributed by atoms with E-state index in [1.165, 1.54) is 16.8 Å². The Morgan fingerprint density at radius 2 is 1.74 bits per heavy atom. The fourth-order valence-electron chi connectivity index (χ4n) is 3.57. The highest BCUT2D eigenvalue weighted by atomic mass is 35.5. The maximum absolute atomic E-state index is 12.9. The van der Waals surface area contributed by atoms with E-state index in [-0.39, 0.29) is 36.5 Å². The van der Waals surface area contributed by atoms with Crippen molar-refractivity contribution < 1.29 is 18.0 Å². The van der Waals surface area contributed by atoms with Gasteiger partial charge in [-0.1, -0.05) is 23.7 Å². The number of halogens is 4. The van der Waals surface area contributed by atoms with E-state index in [0.29, 0.717) is 28.1 Å². The number of aromatic nitrogens is 4. The number of rotatable bonds is 7. The zero-order valence-corrected chi connectivity index (χ0v) is 19.4. The van der Waals surface area contributed by atoms with Gasteiger partial charge in [0.15, 0.2) is 5.52 Å². The summed E-state index contributed by atoms with van der Waals surface area (Å²) in [5.74, 6) is -0.275. The minimum Gasteiger partial charge on any atom is -0.352 e. The molecule has 2 heterocycles. The molecule has 0 unspecified atom stereocenters. The molecule has 0 aliphatic carbocycles. The number of alkyl halides is 3. The van der Waals surface area contributed by atoms with Crippen molar-refractivity contribution in [3.63, 3.8) is 0 Å². The number of hydrogen-bond acceptors (Lipinski definition) is 4. The van der Waals surface area contributed by atoms with Gasteiger partial charge in [-0.25, -0.2) is 9.36 Å². The summed E-state index contributed by atoms with van der Waals surface area (Å²) in [6, 6.07) is 11.7. The highest BCUT2D eigenvalue weighted by molar-refractivity contribution is 6.30. The fraction of sp³-hybridized carbons (Fsp3) is 0.250. The molecule has 1 amide bonds. The number of fused-ring (bicyclic) bond motifs is 1. The molecule has 2 aromatic carbocycles. The van der Waals surface area contributed by atoms with Crippen molar-refractivity contribution in [2.45, 2.75) is 39.0 Å². The maximum atomic E-state index is 12.9. The molecule has 0 atom stereocenters. The predicted octanol–water partition coefficient (Wildman–Crippen LogP) is 4.66. The molecular formula is C24H21ClF3N5O2. The molecule has 0 aliphatic heterocycles. The number of carbonyl (C=O) groups is 1. The molecule has 0 saturated carbocycles. The molecule has 0 saturated heterocycles. The second-order valence-corrected chi connectivity index (χ2v) is 8.44. The first-order valence-electron chi connectivity index (χ1n) is 10.8. The molecule has 0 bridgehead atoms. The monoisotopic (exact) mass is 503 g/mol. The van der Waals surface area contributed by atoms with Gasteiger partial charge in [0.1, 0.15) is 0 Å². The number of carbonyl (C=O) groups excluding carboxylic acids is 1. The minimum absolute atomic E-state index is 0.113. The van der Waals surface area contributed by atoms with Crippen molar-refractivity contribution in [2.24, 2.45) is 0 Å². The van der Waals surface area contributed by atoms with E-state index in [1.54, 1.807) is 42.1 Å². The van der Waals surface area contributed by atoms with Crippen LogP contribution < -0.4 is 10.9 Å². The van der Waals surface area contributed by atoms with Gasteiger partial charge in [0.25, 0.3) is 5.56 Å². The van der Waals surface area contributed by atoms with Crippen LogP contribution in [0.1, 0.15) is 29.7 Å². The first-order valence-corrected chi connectivity index (χ1v) is 11.2. The van der Waals surface area contributed by atoms with Crippen LogP contribution in [-0.4, -0.2) is 25.5 Å². The Kier molecular flexibility index (Phi) is 6.93. The molecule has 35 heavy (non-hydrogen) atoms. The van der Waals surface area contributed by atoms with Gasteiger partial charge in [-0.3, -0.25) is 9.59 Å². The van der Waals surface area contributed by atoms with Crippen molar-refractivity contribution in [2.75, 3.05) is 0 Å². The van der Waals surface area contributed by atoms with E-state index in [0.717, 1.165) is 17.8 Å². The topological polar surface area (TPSA) is 81.8 Å². The molecule has 2 aromatic heterocycles. The summed E-state index contributed by atoms with van der Waals surface area (Å²) in [5.41, 5.74) is 1.12. The number of benzene rings is 2. The fourth-order valence-corrected chi connectivity index (χ4v) is 3.69. The lowest BCUT2D eigenvalue weighted by Gasteiger charge is -2.09. The Labute approximate surface area is 203 Å². The Morgan fingerprint density at radius 1 is 1.06 bits per heavy atom. The van der Waals surface area contributed by atoms with Gasteiger partial charge in [-0.2, -0.15) is 23.4 Å². The smallest absolute Gasteiger partial charge is 0.352 e. The van der Waals surface area contributed by atoms with Crippen LogP contribution in [-0.2, 0) is 24.1 Å². The van der Waals surface area contributed by atoms with Crippen molar-refractivity contribution in [3.8, 4) is 5.69 Å². The molecule has 0 aliphatic rings. The molecule has 182 valence electrons. The zero-order chi connectivity index (χ0) is 25.2. The van der Waals surface area contributed by atoms with E-state index in [4.69, 9.17) is 11.6 Å². The molecule has 4 aromatic rings. The van der Waals surface area contributed by atoms with Gasteiger partial charge < -0.3 is 5.32 Å². The van der Waals surface area contributed by atoms with Crippen molar-refractivity contribution in [3.05, 3.63) is 86.9 Å². The number of nitrogens with zero attached hydrogens (tertiary/aromatic N) is 4. The van der Waals surface area contributed by atoms with Crippen LogP contribution in [0.2, 0.25) is 5.02 Å². The summed E-state index contributed by atoms with van der Waals surface area (Å²) in [4.78, 5) is 25.0. The van der Waals surface area contributed by atoms with E-state index in [9.17, 15) is 22.8 Å². The predicted molar refractivity (Wildman–Crippen MR) is 125 cm³/mol. The van der Waals surface area contributed by atoms with E-state index < -0.39 is 11.7 Å². The van der Waals surface area contributed by atoms with E-state index in [2.05, 4.69) is 15.5 Å². The van der Waals surface area contributed by atoms with Crippen molar-refractivity contribution in [1.82, 2.24) is 24.9 Å². The Hall–Kier alpha value is -3.66. The lowest BCUT2D eigenvalue weighted by molar-refractivity contribution is -0.137. The normalized spacial score (nSPS) is 11.7. The number of amides is 1. The highest BCUT2D eigenvalue weighted by Crippen LogP contribution is 2.29. The first kappa shape index (κ1) is 24.5. The zero-order valence-electron chi connectivity index (χ0n) is 18.6. The first-order chi connectivity index (χ1) is 16.6. The lowest BCUT2D eigenvalue weighted by atomic mass is 10.1. The van der Waals surface area contributed by atoms with Gasteiger partial charge in [-0.05, 0) is 55.3 Å². The SMILES string of the molecule is Cc1nn(CCCC(=O)NCc2ccc(C(F)(F)F)cc2)c(=O)c2nn(-c3ccc(Cl)cc3)cc12. The highest BCUT2D eigenvalue weighted by Gasteiger charge is 2.29. The summed E-state index contributed by atoms with van der Waals surface area (Å²) >= 11 is 5.93. The van der Waals surface area contributed by atoms with Gasteiger partial charge in [-0.15, -0.1) is 0 Å². The number of hydrogen-bond donors (Lipinski definition) is 1. The summed E-state index contributed by atoms with van der Waals surface area (Å²) in [6.07, 6.45) is -2.18. The van der Waals surface area contributed by atoms with Gasteiger partial charge in [0.2, 0.25) is 5.91 Å². The average Bonchev–Trinajstić information content (AvgIpc) is 3.27. The van der Waals surface area contributed by atoms with E-state index >= 15 is 0 Å². The van der Waals surface area contributed by atoms with Crippen LogP contribution in [0.5, 0.6) is 0 Å². The van der Waals surface area contributed by atoms with Crippen molar-refractivity contribution >= 4 is 28.4 Å². The van der Waals surface area contributed by atoms with Crippen molar-refractivity contribution in [1.29, 1.82) is 0 Å². The molecule has 0 radical (unpaired) electrons. The molecular weight excluding hydrogens is 483 g/mol. The Balaban J connectivity index is 1.36. The summed E-state index contributed by atoms with van der Waals surface area (Å²) in [6.45, 7) is 2.11. The largest absolute Gasteiger partial charge is 0.416 e. The number of aryl methyl sites for hydroxylation is 2. The summed E-state index contributed by atoms with van der Waals surface area (Å²) in [5, 5.41) is 12.7. The van der Waals surface area contributed by atoms with Crippen LogP contribution in [0.4, 0.5) is 13.2 Å². The molecule has 0 fully saturated rings. The summed E-state index contributed by atoms with van der Waals surface area (Å²) < 4.78 is 40.8. The third-order valence-electron chi connectivity index (χ3n) is 5.45.